The van der Waals surface area contributed by atoms with Gasteiger partial charge >= 0.3 is 0 Å². The van der Waals surface area contributed by atoms with Crippen molar-refractivity contribution in [2.24, 2.45) is 5.92 Å². The predicted molar refractivity (Wildman–Crippen MR) is 70.0 cm³/mol. The molecule has 1 heterocycles. The Labute approximate surface area is 109 Å². The molecule has 2 rings (SSSR count). The molecule has 4 heteroatoms. The summed E-state index contributed by atoms with van der Waals surface area (Å²) in [6.45, 7) is 4.86. The highest BCUT2D eigenvalue weighted by atomic mass is 16.2. The van der Waals surface area contributed by atoms with E-state index in [0.29, 0.717) is 25.0 Å². The van der Waals surface area contributed by atoms with E-state index >= 15 is 0 Å². The number of hydrogen-bond donors (Lipinski definition) is 0. The zero-order valence-electron chi connectivity index (χ0n) is 11.7. The summed E-state index contributed by atoms with van der Waals surface area (Å²) in [5.41, 5.74) is 0. The second kappa shape index (κ2) is 5.29. The second-order valence-electron chi connectivity index (χ2n) is 5.60. The van der Waals surface area contributed by atoms with Crippen molar-refractivity contribution < 1.29 is 9.59 Å². The third-order valence-corrected chi connectivity index (χ3v) is 4.33. The minimum absolute atomic E-state index is 0.108. The number of nitrogens with zero attached hydrogens (tertiary/aromatic N) is 2. The fourth-order valence-electron chi connectivity index (χ4n) is 2.94. The van der Waals surface area contributed by atoms with Crippen molar-refractivity contribution in [3.63, 3.8) is 0 Å². The van der Waals surface area contributed by atoms with E-state index in [1.807, 2.05) is 16.8 Å². The van der Waals surface area contributed by atoms with Gasteiger partial charge in [0.05, 0.1) is 5.92 Å². The highest BCUT2D eigenvalue weighted by Crippen LogP contribution is 2.33. The maximum Gasteiger partial charge on any atom is 0.227 e. The number of hydrogen-bond acceptors (Lipinski definition) is 2. The van der Waals surface area contributed by atoms with E-state index in [-0.39, 0.29) is 17.7 Å². The summed E-state index contributed by atoms with van der Waals surface area (Å²) in [4.78, 5) is 28.0. The molecule has 1 saturated heterocycles. The Kier molecular flexibility index (Phi) is 3.93. The Morgan fingerprint density at radius 3 is 2.50 bits per heavy atom. The van der Waals surface area contributed by atoms with E-state index in [1.54, 1.807) is 0 Å². The van der Waals surface area contributed by atoms with Crippen molar-refractivity contribution in [3.05, 3.63) is 0 Å². The minimum atomic E-state index is -0.108. The van der Waals surface area contributed by atoms with Crippen LogP contribution in [0.1, 0.15) is 46.0 Å². The third kappa shape index (κ3) is 2.52. The molecule has 2 amide bonds. The van der Waals surface area contributed by atoms with Crippen molar-refractivity contribution in [2.75, 3.05) is 13.6 Å². The van der Waals surface area contributed by atoms with Crippen LogP contribution in [0.4, 0.5) is 0 Å². The molecule has 1 aliphatic heterocycles. The Bertz CT molecular complexity index is 335. The van der Waals surface area contributed by atoms with Crippen molar-refractivity contribution in [1.82, 2.24) is 9.80 Å². The lowest BCUT2D eigenvalue weighted by molar-refractivity contribution is -0.136. The summed E-state index contributed by atoms with van der Waals surface area (Å²) in [6.07, 6.45) is 4.61. The molecule has 2 aliphatic rings. The molecule has 0 unspecified atom stereocenters. The number of amides is 2. The zero-order valence-corrected chi connectivity index (χ0v) is 11.7. The average molecular weight is 252 g/mol. The first kappa shape index (κ1) is 13.4. The van der Waals surface area contributed by atoms with Crippen molar-refractivity contribution in [1.29, 1.82) is 0 Å². The smallest absolute Gasteiger partial charge is 0.227 e. The van der Waals surface area contributed by atoms with Gasteiger partial charge in [0, 0.05) is 32.1 Å². The van der Waals surface area contributed by atoms with Crippen LogP contribution in [0.5, 0.6) is 0 Å². The molecule has 0 aromatic rings. The largest absolute Gasteiger partial charge is 0.342 e. The molecule has 102 valence electrons. The Morgan fingerprint density at radius 1 is 1.39 bits per heavy atom. The van der Waals surface area contributed by atoms with Crippen molar-refractivity contribution >= 4 is 11.8 Å². The van der Waals surface area contributed by atoms with Gasteiger partial charge < -0.3 is 9.80 Å². The molecule has 1 aliphatic carbocycles. The summed E-state index contributed by atoms with van der Waals surface area (Å²) in [5.74, 6) is 0.220. The van der Waals surface area contributed by atoms with Crippen LogP contribution < -0.4 is 0 Å². The van der Waals surface area contributed by atoms with E-state index in [1.165, 1.54) is 0 Å². The highest BCUT2D eigenvalue weighted by Gasteiger charge is 2.42. The molecular weight excluding hydrogens is 228 g/mol. The molecule has 0 aromatic carbocycles. The number of carbonyl (C=O) groups is 2. The average Bonchev–Trinajstić information content (AvgIpc) is 3.13. The molecule has 18 heavy (non-hydrogen) atoms. The zero-order chi connectivity index (χ0) is 13.3. The lowest BCUT2D eigenvalue weighted by atomic mass is 10.0. The fourth-order valence-corrected chi connectivity index (χ4v) is 2.94. The summed E-state index contributed by atoms with van der Waals surface area (Å²) in [6, 6.07) is 0.747. The first-order valence-corrected chi connectivity index (χ1v) is 7.14. The lowest BCUT2D eigenvalue weighted by Crippen LogP contribution is -2.41. The van der Waals surface area contributed by atoms with E-state index in [2.05, 4.69) is 13.8 Å². The third-order valence-electron chi connectivity index (χ3n) is 4.33. The second-order valence-corrected chi connectivity index (χ2v) is 5.60. The van der Waals surface area contributed by atoms with Gasteiger partial charge in [0.25, 0.3) is 0 Å². The molecule has 0 bridgehead atoms. The number of likely N-dealkylation sites (tertiary alicyclic amines) is 1. The summed E-state index contributed by atoms with van der Waals surface area (Å²) in [5, 5.41) is 0. The fraction of sp³-hybridized carbons (Fsp3) is 0.857. The molecule has 0 radical (unpaired) electrons. The van der Waals surface area contributed by atoms with Crippen LogP contribution in [0.25, 0.3) is 0 Å². The minimum Gasteiger partial charge on any atom is -0.342 e. The van der Waals surface area contributed by atoms with Crippen LogP contribution in [0.2, 0.25) is 0 Å². The van der Waals surface area contributed by atoms with Crippen molar-refractivity contribution in [3.8, 4) is 0 Å². The predicted octanol–water partition coefficient (Wildman–Crippen LogP) is 1.64. The molecule has 1 saturated carbocycles. The molecule has 1 atom stereocenters. The van der Waals surface area contributed by atoms with Crippen LogP contribution in [0.15, 0.2) is 0 Å². The van der Waals surface area contributed by atoms with Crippen LogP contribution >= 0.6 is 0 Å². The maximum atomic E-state index is 12.4. The summed E-state index contributed by atoms with van der Waals surface area (Å²) in [7, 11) is 1.88. The lowest BCUT2D eigenvalue weighted by Gasteiger charge is -2.28. The summed E-state index contributed by atoms with van der Waals surface area (Å²) >= 11 is 0. The van der Waals surface area contributed by atoms with Crippen LogP contribution in [-0.2, 0) is 9.59 Å². The van der Waals surface area contributed by atoms with Gasteiger partial charge in [-0.25, -0.2) is 0 Å². The van der Waals surface area contributed by atoms with E-state index in [4.69, 9.17) is 0 Å². The number of carbonyl (C=O) groups excluding carboxylic acids is 2. The normalized spacial score (nSPS) is 23.9. The van der Waals surface area contributed by atoms with E-state index in [0.717, 1.165) is 25.7 Å². The quantitative estimate of drug-likeness (QED) is 0.746. The Hall–Kier alpha value is -1.06. The molecule has 4 nitrogen and oxygen atoms in total. The van der Waals surface area contributed by atoms with Gasteiger partial charge in [-0.2, -0.15) is 0 Å². The van der Waals surface area contributed by atoms with Gasteiger partial charge in [-0.1, -0.05) is 13.8 Å². The maximum absolute atomic E-state index is 12.4. The van der Waals surface area contributed by atoms with Gasteiger partial charge in [-0.05, 0) is 25.7 Å². The first-order valence-electron chi connectivity index (χ1n) is 7.14. The van der Waals surface area contributed by atoms with E-state index < -0.39 is 0 Å². The molecule has 0 N–H and O–H groups in total. The van der Waals surface area contributed by atoms with Crippen LogP contribution in [0, 0.1) is 5.92 Å². The van der Waals surface area contributed by atoms with Gasteiger partial charge in [-0.15, -0.1) is 0 Å². The number of rotatable bonds is 5. The van der Waals surface area contributed by atoms with Gasteiger partial charge in [0.1, 0.15) is 0 Å². The van der Waals surface area contributed by atoms with Gasteiger partial charge in [0.2, 0.25) is 11.8 Å². The Morgan fingerprint density at radius 2 is 2.00 bits per heavy atom. The standard InChI is InChI=1S/C14H24N2O2/c1-4-11(5-2)15(3)14(18)10-8-13(17)16(9-10)12-6-7-12/h10-12H,4-9H2,1-3H3/t10-/m0/s1. The molecule has 2 fully saturated rings. The van der Waals surface area contributed by atoms with E-state index in [9.17, 15) is 9.59 Å². The summed E-state index contributed by atoms with van der Waals surface area (Å²) < 4.78 is 0. The van der Waals surface area contributed by atoms with Gasteiger partial charge in [0.15, 0.2) is 0 Å². The van der Waals surface area contributed by atoms with Crippen LogP contribution in [-0.4, -0.2) is 47.3 Å². The topological polar surface area (TPSA) is 40.6 Å². The molecule has 0 aromatic heterocycles. The Balaban J connectivity index is 1.95. The first-order chi connectivity index (χ1) is 8.58. The highest BCUT2D eigenvalue weighted by molar-refractivity contribution is 5.89. The SMILES string of the molecule is CCC(CC)N(C)C(=O)[C@H]1CC(=O)N(C2CC2)C1. The van der Waals surface area contributed by atoms with Crippen molar-refractivity contribution in [2.45, 2.75) is 58.0 Å². The molecule has 0 spiro atoms. The monoisotopic (exact) mass is 252 g/mol. The molecular formula is C14H24N2O2. The van der Waals surface area contributed by atoms with Crippen LogP contribution in [0.3, 0.4) is 0 Å². The van der Waals surface area contributed by atoms with Gasteiger partial charge in [-0.3, -0.25) is 9.59 Å².